The van der Waals surface area contributed by atoms with Crippen LogP contribution < -0.4 is 0 Å². The molecule has 0 aliphatic carbocycles. The monoisotopic (exact) mass is 348 g/mol. The Kier molecular flexibility index (Phi) is 8.29. The van der Waals surface area contributed by atoms with E-state index in [0.717, 1.165) is 36.9 Å². The third-order valence-corrected chi connectivity index (χ3v) is 6.81. The highest BCUT2D eigenvalue weighted by Gasteiger charge is 2.30. The molecule has 0 amide bonds. The second-order valence-electron chi connectivity index (χ2n) is 5.76. The molecule has 0 saturated heterocycles. The number of unbranched alkanes of at least 4 members (excludes halogenated alkanes) is 2. The molecule has 0 N–H and O–H groups in total. The Morgan fingerprint density at radius 1 is 1.00 bits per heavy atom. The minimum atomic E-state index is -4.27. The highest BCUT2D eigenvalue weighted by atomic mass is 28.4. The van der Waals surface area contributed by atoms with Gasteiger partial charge in [-0.1, -0.05) is 31.0 Å². The number of benzene rings is 1. The van der Waals surface area contributed by atoms with Crippen molar-refractivity contribution >= 4 is 8.56 Å². The van der Waals surface area contributed by atoms with Gasteiger partial charge >= 0.3 is 14.7 Å². The summed E-state index contributed by atoms with van der Waals surface area (Å²) in [7, 11) is -2.06. The first-order valence-corrected chi connectivity index (χ1v) is 10.8. The van der Waals surface area contributed by atoms with Crippen LogP contribution in [0.3, 0.4) is 0 Å². The average Bonchev–Trinajstić information content (AvgIpc) is 2.47. The Bertz CT molecular complexity index is 457. The van der Waals surface area contributed by atoms with Crippen LogP contribution in [-0.2, 0) is 21.4 Å². The van der Waals surface area contributed by atoms with Crippen molar-refractivity contribution in [3.63, 3.8) is 0 Å². The molecule has 0 aliphatic heterocycles. The fourth-order valence-corrected chi connectivity index (χ4v) is 5.14. The van der Waals surface area contributed by atoms with Crippen LogP contribution in [0.1, 0.15) is 44.2 Å². The summed E-state index contributed by atoms with van der Waals surface area (Å²) in [4.78, 5) is 0. The van der Waals surface area contributed by atoms with Crippen molar-refractivity contribution in [2.24, 2.45) is 0 Å². The predicted octanol–water partition coefficient (Wildman–Crippen LogP) is 5.56. The van der Waals surface area contributed by atoms with E-state index in [4.69, 9.17) is 8.85 Å². The number of alkyl halides is 3. The van der Waals surface area contributed by atoms with Gasteiger partial charge in [0.15, 0.2) is 0 Å². The number of hydrogen-bond acceptors (Lipinski definition) is 2. The smallest absolute Gasteiger partial charge is 0.395 e. The van der Waals surface area contributed by atoms with Gasteiger partial charge in [0.2, 0.25) is 0 Å². The average molecular weight is 348 g/mol. The Labute approximate surface area is 138 Å². The highest BCUT2D eigenvalue weighted by molar-refractivity contribution is 6.66. The van der Waals surface area contributed by atoms with Crippen molar-refractivity contribution in [2.45, 2.75) is 58.3 Å². The maximum atomic E-state index is 12.7. The summed E-state index contributed by atoms with van der Waals surface area (Å²) >= 11 is 0. The molecule has 0 unspecified atom stereocenters. The zero-order valence-electron chi connectivity index (χ0n) is 14.2. The molecule has 6 heteroatoms. The molecule has 0 heterocycles. The van der Waals surface area contributed by atoms with E-state index in [-0.39, 0.29) is 0 Å². The van der Waals surface area contributed by atoms with Gasteiger partial charge < -0.3 is 8.85 Å². The molecule has 1 aromatic carbocycles. The lowest BCUT2D eigenvalue weighted by Gasteiger charge is -2.25. The van der Waals surface area contributed by atoms with Gasteiger partial charge in [0.05, 0.1) is 5.56 Å². The van der Waals surface area contributed by atoms with Crippen LogP contribution in [0.2, 0.25) is 12.6 Å². The molecule has 0 saturated carbocycles. The number of rotatable bonds is 10. The van der Waals surface area contributed by atoms with Crippen molar-refractivity contribution in [2.75, 3.05) is 13.2 Å². The van der Waals surface area contributed by atoms with Crippen LogP contribution in [0.5, 0.6) is 0 Å². The number of halogens is 3. The molecule has 0 aliphatic rings. The molecule has 0 spiro atoms. The van der Waals surface area contributed by atoms with E-state index in [0.29, 0.717) is 19.6 Å². The van der Waals surface area contributed by atoms with E-state index >= 15 is 0 Å². The van der Waals surface area contributed by atoms with Gasteiger partial charge in [0, 0.05) is 13.2 Å². The van der Waals surface area contributed by atoms with Crippen LogP contribution in [0.25, 0.3) is 0 Å². The first kappa shape index (κ1) is 20.2. The Morgan fingerprint density at radius 3 is 2.22 bits per heavy atom. The minimum Gasteiger partial charge on any atom is -0.395 e. The second-order valence-corrected chi connectivity index (χ2v) is 9.10. The van der Waals surface area contributed by atoms with E-state index in [1.807, 2.05) is 13.8 Å². The minimum absolute atomic E-state index is 0.567. The van der Waals surface area contributed by atoms with E-state index < -0.39 is 20.3 Å². The Hall–Kier alpha value is -0.853. The number of hydrogen-bond donors (Lipinski definition) is 0. The zero-order chi connectivity index (χ0) is 17.3. The van der Waals surface area contributed by atoms with Gasteiger partial charge in [-0.3, -0.25) is 0 Å². The summed E-state index contributed by atoms with van der Waals surface area (Å²) in [6.45, 7) is 7.34. The summed E-state index contributed by atoms with van der Waals surface area (Å²) in [5, 5.41) is 0. The molecule has 1 aromatic rings. The molecule has 0 aromatic heterocycles. The normalized spacial score (nSPS) is 12.6. The SMILES string of the molecule is CCO[Si](C)(CCCCCc1cccc(C(F)(F)F)c1)OCC. The lowest BCUT2D eigenvalue weighted by molar-refractivity contribution is -0.137. The van der Waals surface area contributed by atoms with Gasteiger partial charge in [0.25, 0.3) is 0 Å². The Morgan fingerprint density at radius 2 is 1.65 bits per heavy atom. The van der Waals surface area contributed by atoms with Gasteiger partial charge in [-0.15, -0.1) is 0 Å². The third kappa shape index (κ3) is 7.50. The van der Waals surface area contributed by atoms with Crippen molar-refractivity contribution in [1.82, 2.24) is 0 Å². The summed E-state index contributed by atoms with van der Waals surface area (Å²) in [6.07, 6.45) is -0.755. The molecular formula is C17H27F3O2Si. The quantitative estimate of drug-likeness (QED) is 0.407. The number of aryl methyl sites for hydroxylation is 1. The third-order valence-electron chi connectivity index (χ3n) is 3.75. The summed E-state index contributed by atoms with van der Waals surface area (Å²) < 4.78 is 49.6. The van der Waals surface area contributed by atoms with Crippen molar-refractivity contribution < 1.29 is 22.0 Å². The zero-order valence-corrected chi connectivity index (χ0v) is 15.2. The summed E-state index contributed by atoms with van der Waals surface area (Å²) in [5.41, 5.74) is 0.178. The first-order valence-electron chi connectivity index (χ1n) is 8.25. The van der Waals surface area contributed by atoms with E-state index in [1.54, 1.807) is 6.07 Å². The molecule has 2 nitrogen and oxygen atoms in total. The molecule has 23 heavy (non-hydrogen) atoms. The van der Waals surface area contributed by atoms with E-state index in [1.165, 1.54) is 12.1 Å². The molecule has 0 radical (unpaired) electrons. The molecular weight excluding hydrogens is 321 g/mol. The predicted molar refractivity (Wildman–Crippen MR) is 88.7 cm³/mol. The van der Waals surface area contributed by atoms with Crippen molar-refractivity contribution in [3.8, 4) is 0 Å². The van der Waals surface area contributed by atoms with Crippen LogP contribution >= 0.6 is 0 Å². The molecule has 132 valence electrons. The van der Waals surface area contributed by atoms with Crippen LogP contribution in [0.15, 0.2) is 24.3 Å². The van der Waals surface area contributed by atoms with Crippen molar-refractivity contribution in [1.29, 1.82) is 0 Å². The van der Waals surface area contributed by atoms with Crippen LogP contribution in [0, 0.1) is 0 Å². The fourth-order valence-electron chi connectivity index (χ4n) is 2.65. The second kappa shape index (κ2) is 9.44. The van der Waals surface area contributed by atoms with Crippen LogP contribution in [-0.4, -0.2) is 21.8 Å². The van der Waals surface area contributed by atoms with E-state index in [2.05, 4.69) is 6.55 Å². The fraction of sp³-hybridized carbons (Fsp3) is 0.647. The lowest BCUT2D eigenvalue weighted by atomic mass is 10.0. The lowest BCUT2D eigenvalue weighted by Crippen LogP contribution is -2.38. The topological polar surface area (TPSA) is 18.5 Å². The largest absolute Gasteiger partial charge is 0.416 e. The standard InChI is InChI=1S/C17H27F3O2Si/c1-4-21-23(3,22-5-2)13-8-6-7-10-15-11-9-12-16(14-15)17(18,19)20/h9,11-12,14H,4-8,10,13H2,1-3H3. The molecule has 0 fully saturated rings. The van der Waals surface area contributed by atoms with Gasteiger partial charge in [0.1, 0.15) is 0 Å². The molecule has 1 rings (SSSR count). The van der Waals surface area contributed by atoms with Gasteiger partial charge in [-0.25, -0.2) is 0 Å². The maximum Gasteiger partial charge on any atom is 0.416 e. The van der Waals surface area contributed by atoms with Crippen LogP contribution in [0.4, 0.5) is 13.2 Å². The highest BCUT2D eigenvalue weighted by Crippen LogP contribution is 2.30. The first-order chi connectivity index (χ1) is 10.8. The summed E-state index contributed by atoms with van der Waals surface area (Å²) in [6, 6.07) is 6.53. The molecule has 0 bridgehead atoms. The summed E-state index contributed by atoms with van der Waals surface area (Å²) in [5.74, 6) is 0. The van der Waals surface area contributed by atoms with Gasteiger partial charge in [-0.05, 0) is 50.9 Å². The van der Waals surface area contributed by atoms with Gasteiger partial charge in [-0.2, -0.15) is 13.2 Å². The Balaban J connectivity index is 2.37. The van der Waals surface area contributed by atoms with Crippen molar-refractivity contribution in [3.05, 3.63) is 35.4 Å². The molecule has 0 atom stereocenters. The maximum absolute atomic E-state index is 12.7. The van der Waals surface area contributed by atoms with E-state index in [9.17, 15) is 13.2 Å².